The van der Waals surface area contributed by atoms with Crippen LogP contribution in [0.2, 0.25) is 0 Å². The van der Waals surface area contributed by atoms with Crippen molar-refractivity contribution in [2.24, 2.45) is 0 Å². The predicted octanol–water partition coefficient (Wildman–Crippen LogP) is 4.54. The summed E-state index contributed by atoms with van der Waals surface area (Å²) in [7, 11) is 0. The number of tetrazole rings is 1. The number of rotatable bonds is 8. The molecule has 34 heavy (non-hydrogen) atoms. The van der Waals surface area contributed by atoms with Gasteiger partial charge in [-0.15, -0.1) is 10.2 Å². The van der Waals surface area contributed by atoms with Gasteiger partial charge in [-0.2, -0.15) is 5.21 Å². The molecular formula is C24H23N7OS2. The first-order chi connectivity index (χ1) is 16.6. The molecule has 0 saturated carbocycles. The maximum atomic E-state index is 13.0. The van der Waals surface area contributed by atoms with Crippen LogP contribution in [0.25, 0.3) is 28.1 Å². The van der Waals surface area contributed by atoms with Gasteiger partial charge in [0.1, 0.15) is 4.32 Å². The van der Waals surface area contributed by atoms with E-state index in [0.29, 0.717) is 27.3 Å². The lowest BCUT2D eigenvalue weighted by Gasteiger charge is -2.13. The monoisotopic (exact) mass is 489 g/mol. The number of anilines is 1. The third-order valence-corrected chi connectivity index (χ3v) is 7.13. The van der Waals surface area contributed by atoms with Crippen molar-refractivity contribution >= 4 is 56.9 Å². The third kappa shape index (κ3) is 4.73. The van der Waals surface area contributed by atoms with Crippen molar-refractivity contribution < 1.29 is 4.79 Å². The van der Waals surface area contributed by atoms with Crippen molar-refractivity contribution in [1.82, 2.24) is 30.5 Å². The number of thiocarbonyl (C=S) groups is 1. The number of hydrogen-bond donors (Lipinski definition) is 3. The van der Waals surface area contributed by atoms with Crippen molar-refractivity contribution in [2.75, 3.05) is 12.3 Å². The molecule has 0 radical (unpaired) electrons. The van der Waals surface area contributed by atoms with Crippen molar-refractivity contribution in [2.45, 2.75) is 25.7 Å². The summed E-state index contributed by atoms with van der Waals surface area (Å²) in [6, 6.07) is 14.2. The number of thioether (sulfide) groups is 1. The zero-order chi connectivity index (χ0) is 23.5. The lowest BCUT2D eigenvalue weighted by atomic mass is 10.0. The lowest BCUT2D eigenvalue weighted by Crippen LogP contribution is -2.29. The number of amides is 1. The molecule has 5 rings (SSSR count). The van der Waals surface area contributed by atoms with E-state index >= 15 is 0 Å². The molecule has 1 fully saturated rings. The van der Waals surface area contributed by atoms with Crippen LogP contribution in [0.3, 0.4) is 0 Å². The standard InChI is InChI=1S/C24H23N7OS2/c25-19-14-18(13-17-8-9-26-22(17)19)16-6-4-5-15(11-16)12-20-23(32)31(24(33)34-20)10-3-1-2-7-21-27-29-30-28-21/h4-6,8-9,11-14,26H,1-3,7,10,25H2,(H,27,28,29,30). The SMILES string of the molecule is Nc1cc(-c2cccc(C=C3SC(=S)N(CCCCCc4nn[nH]n4)C3=O)c2)cc2cc[nH]c12. The first-order valence-electron chi connectivity index (χ1n) is 11.0. The number of aromatic nitrogens is 5. The number of hydrogen-bond acceptors (Lipinski definition) is 7. The summed E-state index contributed by atoms with van der Waals surface area (Å²) in [6.45, 7) is 0.615. The molecule has 8 nitrogen and oxygen atoms in total. The highest BCUT2D eigenvalue weighted by Gasteiger charge is 2.31. The molecule has 1 aliphatic rings. The van der Waals surface area contributed by atoms with Crippen LogP contribution in [-0.4, -0.2) is 47.3 Å². The summed E-state index contributed by atoms with van der Waals surface area (Å²) in [5.74, 6) is 0.683. The van der Waals surface area contributed by atoms with E-state index in [4.69, 9.17) is 18.0 Å². The quantitative estimate of drug-likeness (QED) is 0.144. The molecule has 3 heterocycles. The van der Waals surface area contributed by atoms with Crippen LogP contribution >= 0.6 is 24.0 Å². The van der Waals surface area contributed by atoms with Crippen molar-refractivity contribution in [3.8, 4) is 11.1 Å². The fourth-order valence-electron chi connectivity index (χ4n) is 4.04. The van der Waals surface area contributed by atoms with Crippen molar-refractivity contribution in [3.05, 3.63) is 65.0 Å². The number of nitrogens with two attached hydrogens (primary N) is 1. The van der Waals surface area contributed by atoms with Crippen molar-refractivity contribution in [1.29, 1.82) is 0 Å². The number of aryl methyl sites for hydroxylation is 1. The van der Waals surface area contributed by atoms with Gasteiger partial charge in [0.25, 0.3) is 5.91 Å². The summed E-state index contributed by atoms with van der Waals surface area (Å²) in [5.41, 5.74) is 10.9. The molecule has 2 aromatic carbocycles. The topological polar surface area (TPSA) is 117 Å². The minimum absolute atomic E-state index is 0.0310. The molecule has 1 amide bonds. The maximum absolute atomic E-state index is 13.0. The number of aromatic amines is 2. The molecule has 0 atom stereocenters. The van der Waals surface area contributed by atoms with E-state index in [1.807, 2.05) is 42.6 Å². The number of nitrogens with one attached hydrogen (secondary N) is 2. The van der Waals surface area contributed by atoms with Gasteiger partial charge in [0, 0.05) is 24.5 Å². The first-order valence-corrected chi connectivity index (χ1v) is 12.3. The summed E-state index contributed by atoms with van der Waals surface area (Å²) < 4.78 is 0.608. The molecule has 10 heteroatoms. The van der Waals surface area contributed by atoms with Crippen LogP contribution in [0.4, 0.5) is 5.69 Å². The molecule has 1 saturated heterocycles. The van der Waals surface area contributed by atoms with E-state index in [1.54, 1.807) is 4.90 Å². The maximum Gasteiger partial charge on any atom is 0.266 e. The van der Waals surface area contributed by atoms with Gasteiger partial charge in [0.2, 0.25) is 0 Å². The van der Waals surface area contributed by atoms with E-state index in [0.717, 1.165) is 53.3 Å². The van der Waals surface area contributed by atoms with Crippen molar-refractivity contribution in [3.63, 3.8) is 0 Å². The van der Waals surface area contributed by atoms with Crippen LogP contribution in [0.1, 0.15) is 30.7 Å². The summed E-state index contributed by atoms with van der Waals surface area (Å²) in [6.07, 6.45) is 7.34. The van der Waals surface area contributed by atoms with Gasteiger partial charge in [-0.05, 0) is 59.9 Å². The molecule has 2 aromatic heterocycles. The molecule has 0 unspecified atom stereocenters. The van der Waals surface area contributed by atoms with E-state index in [9.17, 15) is 4.79 Å². The second-order valence-corrected chi connectivity index (χ2v) is 9.78. The minimum Gasteiger partial charge on any atom is -0.397 e. The van der Waals surface area contributed by atoms with Crippen LogP contribution in [-0.2, 0) is 11.2 Å². The highest BCUT2D eigenvalue weighted by molar-refractivity contribution is 8.26. The fraction of sp³-hybridized carbons (Fsp3) is 0.208. The van der Waals surface area contributed by atoms with E-state index in [1.165, 1.54) is 11.8 Å². The Morgan fingerprint density at radius 3 is 2.88 bits per heavy atom. The number of fused-ring (bicyclic) bond motifs is 1. The smallest absolute Gasteiger partial charge is 0.266 e. The van der Waals surface area contributed by atoms with E-state index < -0.39 is 0 Å². The Morgan fingerprint density at radius 2 is 2.03 bits per heavy atom. The summed E-state index contributed by atoms with van der Waals surface area (Å²) in [5, 5.41) is 15.0. The second kappa shape index (κ2) is 9.78. The number of benzene rings is 2. The summed E-state index contributed by atoms with van der Waals surface area (Å²) >= 11 is 6.84. The second-order valence-electron chi connectivity index (χ2n) is 8.10. The highest BCUT2D eigenvalue weighted by atomic mass is 32.2. The predicted molar refractivity (Wildman–Crippen MR) is 140 cm³/mol. The average molecular weight is 490 g/mol. The Labute approximate surface area is 206 Å². The van der Waals surface area contributed by atoms with E-state index in [-0.39, 0.29) is 5.91 Å². The summed E-state index contributed by atoms with van der Waals surface area (Å²) in [4.78, 5) is 18.5. The van der Waals surface area contributed by atoms with Gasteiger partial charge < -0.3 is 10.7 Å². The van der Waals surface area contributed by atoms with Gasteiger partial charge in [0.05, 0.1) is 16.1 Å². The van der Waals surface area contributed by atoms with E-state index in [2.05, 4.69) is 37.7 Å². The normalized spacial score (nSPS) is 15.2. The third-order valence-electron chi connectivity index (χ3n) is 5.75. The molecular weight excluding hydrogens is 466 g/mol. The molecule has 1 aliphatic heterocycles. The first kappa shape index (κ1) is 22.3. The van der Waals surface area contributed by atoms with Gasteiger partial charge in [-0.25, -0.2) is 0 Å². The number of unbranched alkanes of at least 4 members (excludes halogenated alkanes) is 2. The Morgan fingerprint density at radius 1 is 1.12 bits per heavy atom. The fourth-order valence-corrected chi connectivity index (χ4v) is 5.35. The molecule has 172 valence electrons. The number of nitrogen functional groups attached to an aromatic ring is 1. The average Bonchev–Trinajstić information content (AvgIpc) is 3.57. The molecule has 0 bridgehead atoms. The van der Waals surface area contributed by atoms with Gasteiger partial charge in [0.15, 0.2) is 5.82 Å². The number of H-pyrrole nitrogens is 2. The molecule has 0 spiro atoms. The Hall–Kier alpha value is -3.50. The molecule has 0 aliphatic carbocycles. The number of carbonyl (C=O) groups is 1. The number of carbonyl (C=O) groups excluding carboxylic acids is 1. The minimum atomic E-state index is -0.0310. The lowest BCUT2D eigenvalue weighted by molar-refractivity contribution is -0.122. The Bertz CT molecular complexity index is 1380. The zero-order valence-corrected chi connectivity index (χ0v) is 20.0. The molecule has 4 N–H and O–H groups in total. The Balaban J connectivity index is 1.25. The van der Waals surface area contributed by atoms with Crippen LogP contribution < -0.4 is 5.73 Å². The zero-order valence-electron chi connectivity index (χ0n) is 18.3. The van der Waals surface area contributed by atoms with Gasteiger partial charge >= 0.3 is 0 Å². The van der Waals surface area contributed by atoms with Gasteiger partial charge in [-0.3, -0.25) is 9.69 Å². The highest BCUT2D eigenvalue weighted by Crippen LogP contribution is 2.34. The van der Waals surface area contributed by atoms with Gasteiger partial charge in [-0.1, -0.05) is 53.8 Å². The van der Waals surface area contributed by atoms with Crippen LogP contribution in [0.5, 0.6) is 0 Å². The number of nitrogens with zero attached hydrogens (tertiary/aromatic N) is 4. The van der Waals surface area contributed by atoms with Crippen LogP contribution in [0, 0.1) is 0 Å². The largest absolute Gasteiger partial charge is 0.397 e. The molecule has 4 aromatic rings. The van der Waals surface area contributed by atoms with Crippen LogP contribution in [0.15, 0.2) is 53.6 Å². The Kier molecular flexibility index (Phi) is 6.41.